The molecule has 3 rings (SSSR count). The van der Waals surface area contributed by atoms with E-state index in [9.17, 15) is 32.3 Å². The number of nitrogens with one attached hydrogen (secondary N) is 2. The number of aliphatic hydroxyl groups is 1. The predicted octanol–water partition coefficient (Wildman–Crippen LogP) is 3.43. The van der Waals surface area contributed by atoms with Gasteiger partial charge in [-0.3, -0.25) is 9.59 Å². The summed E-state index contributed by atoms with van der Waals surface area (Å²) in [6.45, 7) is 0.137. The van der Waals surface area contributed by atoms with Crippen LogP contribution >= 0.6 is 0 Å². The van der Waals surface area contributed by atoms with Crippen molar-refractivity contribution in [2.45, 2.75) is 57.0 Å². The number of alkyl halides is 3. The fraction of sp³-hybridized carbons (Fsp3) is 0.481. The lowest BCUT2D eigenvalue weighted by atomic mass is 10.00. The lowest BCUT2D eigenvalue weighted by Gasteiger charge is -2.26. The largest absolute Gasteiger partial charge is 0.493 e. The van der Waals surface area contributed by atoms with Gasteiger partial charge in [0.05, 0.1) is 30.9 Å². The number of aliphatic hydroxyl groups excluding tert-OH is 1. The number of carbonyl (C=O) groups is 2. The molecule has 3 N–H and O–H groups in total. The third-order valence-corrected chi connectivity index (χ3v) is 6.24. The summed E-state index contributed by atoms with van der Waals surface area (Å²) in [5.74, 6) is -0.876. The Morgan fingerprint density at radius 3 is 2.71 bits per heavy atom. The highest BCUT2D eigenvalue weighted by Gasteiger charge is 2.30. The van der Waals surface area contributed by atoms with Gasteiger partial charge in [-0.05, 0) is 55.0 Å². The number of ether oxygens (including phenoxy) is 1. The van der Waals surface area contributed by atoms with Gasteiger partial charge in [0.1, 0.15) is 11.6 Å². The molecule has 0 saturated heterocycles. The normalized spacial score (nSPS) is 19.0. The minimum absolute atomic E-state index is 0.0524. The number of amides is 2. The number of nitrogens with zero attached hydrogens (tertiary/aromatic N) is 1. The molecule has 0 radical (unpaired) electrons. The van der Waals surface area contributed by atoms with E-state index in [-0.39, 0.29) is 38.4 Å². The van der Waals surface area contributed by atoms with Crippen molar-refractivity contribution in [2.24, 2.45) is 0 Å². The van der Waals surface area contributed by atoms with E-state index in [2.05, 4.69) is 10.6 Å². The lowest BCUT2D eigenvalue weighted by molar-refractivity contribution is -0.137. The Labute approximate surface area is 219 Å². The van der Waals surface area contributed by atoms with Gasteiger partial charge in [0.15, 0.2) is 0 Å². The number of rotatable bonds is 5. The molecule has 1 unspecified atom stereocenters. The molecule has 38 heavy (non-hydrogen) atoms. The highest BCUT2D eigenvalue weighted by molar-refractivity contribution is 5.84. The molecule has 2 amide bonds. The number of benzene rings is 2. The zero-order valence-corrected chi connectivity index (χ0v) is 21.2. The summed E-state index contributed by atoms with van der Waals surface area (Å²) >= 11 is 0. The number of carbonyl (C=O) groups excluding carboxylic acids is 2. The van der Waals surface area contributed by atoms with E-state index >= 15 is 0 Å². The second kappa shape index (κ2) is 13.6. The topological polar surface area (TPSA) is 90.9 Å². The smallest absolute Gasteiger partial charge is 0.416 e. The van der Waals surface area contributed by atoms with E-state index < -0.39 is 35.6 Å². The first kappa shape index (κ1) is 29.4. The fourth-order valence-corrected chi connectivity index (χ4v) is 4.22. The molecule has 2 atom stereocenters. The van der Waals surface area contributed by atoms with Crippen LogP contribution in [0.3, 0.4) is 0 Å². The quantitative estimate of drug-likeness (QED) is 0.507. The number of hydrogen-bond acceptors (Lipinski definition) is 5. The Hall–Kier alpha value is -3.18. The second-order valence-electron chi connectivity index (χ2n) is 9.48. The minimum Gasteiger partial charge on any atom is -0.493 e. The fourth-order valence-electron chi connectivity index (χ4n) is 4.22. The van der Waals surface area contributed by atoms with Gasteiger partial charge in [-0.15, -0.1) is 0 Å². The van der Waals surface area contributed by atoms with E-state index in [1.165, 1.54) is 36.2 Å². The van der Waals surface area contributed by atoms with Crippen molar-refractivity contribution >= 4 is 11.8 Å². The Balaban J connectivity index is 1.73. The third-order valence-electron chi connectivity index (χ3n) is 6.24. The molecule has 0 spiro atoms. The van der Waals surface area contributed by atoms with Crippen LogP contribution in [0.15, 0.2) is 42.5 Å². The summed E-state index contributed by atoms with van der Waals surface area (Å²) in [7, 11) is 1.52. The summed E-state index contributed by atoms with van der Waals surface area (Å²) < 4.78 is 58.9. The predicted molar refractivity (Wildman–Crippen MR) is 133 cm³/mol. The molecule has 0 aliphatic carbocycles. The van der Waals surface area contributed by atoms with Crippen molar-refractivity contribution in [3.05, 3.63) is 65.0 Å². The van der Waals surface area contributed by atoms with E-state index in [0.717, 1.165) is 18.6 Å². The number of fused-ring (bicyclic) bond motifs is 2. The monoisotopic (exact) mass is 539 g/mol. The van der Waals surface area contributed by atoms with E-state index in [0.29, 0.717) is 36.3 Å². The molecule has 11 heteroatoms. The van der Waals surface area contributed by atoms with Gasteiger partial charge in [0.2, 0.25) is 11.8 Å². The summed E-state index contributed by atoms with van der Waals surface area (Å²) in [5, 5.41) is 16.5. The van der Waals surface area contributed by atoms with Gasteiger partial charge in [0.25, 0.3) is 0 Å². The summed E-state index contributed by atoms with van der Waals surface area (Å²) in [6.07, 6.45) is -3.24. The molecule has 1 heterocycles. The molecular formula is C27H33F4N3O4. The van der Waals surface area contributed by atoms with Gasteiger partial charge >= 0.3 is 6.18 Å². The van der Waals surface area contributed by atoms with E-state index in [1.807, 2.05) is 0 Å². The molecular weight excluding hydrogens is 506 g/mol. The van der Waals surface area contributed by atoms with Gasteiger partial charge in [-0.2, -0.15) is 13.2 Å². The van der Waals surface area contributed by atoms with Gasteiger partial charge in [-0.1, -0.05) is 18.2 Å². The van der Waals surface area contributed by atoms with Crippen LogP contribution in [0.4, 0.5) is 17.6 Å². The molecule has 2 aromatic carbocycles. The van der Waals surface area contributed by atoms with Crippen molar-refractivity contribution in [1.82, 2.24) is 15.5 Å². The Bertz CT molecular complexity index is 1100. The number of halogens is 4. The van der Waals surface area contributed by atoms with Crippen molar-refractivity contribution in [1.29, 1.82) is 0 Å². The first-order chi connectivity index (χ1) is 18.0. The summed E-state index contributed by atoms with van der Waals surface area (Å²) in [5.41, 5.74) is 0.0878. The first-order valence-electron chi connectivity index (χ1n) is 12.5. The first-order valence-corrected chi connectivity index (χ1v) is 12.5. The lowest BCUT2D eigenvalue weighted by Crippen LogP contribution is -2.51. The maximum atomic E-state index is 14.3. The van der Waals surface area contributed by atoms with Crippen molar-refractivity contribution < 1.29 is 37.0 Å². The maximum absolute atomic E-state index is 14.3. The molecule has 1 aliphatic rings. The summed E-state index contributed by atoms with van der Waals surface area (Å²) in [6, 6.07) is 8.15. The van der Waals surface area contributed by atoms with Crippen molar-refractivity contribution in [2.75, 3.05) is 26.7 Å². The Morgan fingerprint density at radius 2 is 1.95 bits per heavy atom. The number of likely N-dealkylation sites (N-methyl/N-ethyl adjacent to an activating group) is 1. The second-order valence-corrected chi connectivity index (χ2v) is 9.48. The molecule has 0 aromatic heterocycles. The van der Waals surface area contributed by atoms with E-state index in [4.69, 9.17) is 4.74 Å². The van der Waals surface area contributed by atoms with Crippen molar-refractivity contribution in [3.8, 4) is 5.75 Å². The van der Waals surface area contributed by atoms with Gasteiger partial charge in [0, 0.05) is 32.6 Å². The van der Waals surface area contributed by atoms with Crippen LogP contribution in [0.25, 0.3) is 0 Å². The average molecular weight is 540 g/mol. The third kappa shape index (κ3) is 9.29. The minimum atomic E-state index is -4.47. The molecule has 7 nitrogen and oxygen atoms in total. The van der Waals surface area contributed by atoms with E-state index in [1.54, 1.807) is 6.07 Å². The highest BCUT2D eigenvalue weighted by Crippen LogP contribution is 2.29. The molecule has 2 aromatic rings. The van der Waals surface area contributed by atoms with Crippen LogP contribution in [-0.2, 0) is 28.7 Å². The Kier molecular flexibility index (Phi) is 10.5. The zero-order valence-electron chi connectivity index (χ0n) is 21.2. The van der Waals surface area contributed by atoms with Crippen LogP contribution in [-0.4, -0.2) is 60.7 Å². The Morgan fingerprint density at radius 1 is 1.16 bits per heavy atom. The average Bonchev–Trinajstić information content (AvgIpc) is 2.84. The highest BCUT2D eigenvalue weighted by atomic mass is 19.4. The molecule has 208 valence electrons. The van der Waals surface area contributed by atoms with Crippen LogP contribution in [0.2, 0.25) is 0 Å². The van der Waals surface area contributed by atoms with Gasteiger partial charge in [-0.25, -0.2) is 4.39 Å². The molecule has 1 aliphatic heterocycles. The SMILES string of the molecule is CN1CC(=O)NC([C@H](O)CNCc2cccc(C(F)(F)F)c2)Cc2cc(F)cc(c2)OCCCCCC1=O. The van der Waals surface area contributed by atoms with Crippen LogP contribution in [0, 0.1) is 5.82 Å². The van der Waals surface area contributed by atoms with Gasteiger partial charge < -0.3 is 25.4 Å². The molecule has 0 saturated carbocycles. The summed E-state index contributed by atoms with van der Waals surface area (Å²) in [4.78, 5) is 26.4. The van der Waals surface area contributed by atoms with Crippen molar-refractivity contribution in [3.63, 3.8) is 0 Å². The van der Waals surface area contributed by atoms with Crippen LogP contribution in [0.1, 0.15) is 42.4 Å². The zero-order chi connectivity index (χ0) is 27.7. The van der Waals surface area contributed by atoms with Crippen LogP contribution < -0.4 is 15.4 Å². The maximum Gasteiger partial charge on any atom is 0.416 e. The standard InChI is InChI=1S/C27H33F4N3O4/c1-34-17-25(36)33-23(24(35)16-32-15-18-6-5-7-20(10-18)27(29,30)31)13-19-11-21(28)14-22(12-19)38-9-4-2-3-8-26(34)37/h5-7,10-12,14,23-24,32,35H,2-4,8-9,13,15-17H2,1H3,(H,33,36)/t23?,24-/m1/s1. The molecule has 0 fully saturated rings. The van der Waals surface area contributed by atoms with Crippen LogP contribution in [0.5, 0.6) is 5.75 Å². The number of hydrogen-bond donors (Lipinski definition) is 3. The molecule has 2 bridgehead atoms.